The van der Waals surface area contributed by atoms with Crippen LogP contribution in [-0.4, -0.2) is 9.97 Å². The number of benzene rings is 1. The quantitative estimate of drug-likeness (QED) is 0.625. The average molecular weight is 211 g/mol. The number of hydrogen-bond donors (Lipinski definition) is 0. The van der Waals surface area contributed by atoms with Crippen molar-refractivity contribution in [3.8, 4) is 0 Å². The van der Waals surface area contributed by atoms with Crippen molar-refractivity contribution in [2.75, 3.05) is 0 Å². The Morgan fingerprint density at radius 2 is 1.93 bits per heavy atom. The van der Waals surface area contributed by atoms with Gasteiger partial charge in [0, 0.05) is 5.39 Å². The predicted molar refractivity (Wildman–Crippen MR) is 54.0 cm³/mol. The molecule has 1 aromatic carbocycles. The van der Waals surface area contributed by atoms with Crippen molar-refractivity contribution in [1.82, 2.24) is 9.97 Å². The summed E-state index contributed by atoms with van der Waals surface area (Å²) in [5, 5.41) is 0.796. The average Bonchev–Trinajstić information content (AvgIpc) is 2.07. The Morgan fingerprint density at radius 3 is 2.64 bits per heavy atom. The minimum absolute atomic E-state index is 0.0813. The second-order valence-electron chi connectivity index (χ2n) is 3.22. The van der Waals surface area contributed by atoms with Gasteiger partial charge in [0.25, 0.3) is 0 Å². The van der Waals surface area contributed by atoms with Crippen LogP contribution in [0.5, 0.6) is 0 Å². The molecule has 0 atom stereocenters. The normalized spacial score (nSPS) is 10.9. The fourth-order valence-electron chi connectivity index (χ4n) is 1.44. The molecule has 2 aromatic rings. The first-order valence-corrected chi connectivity index (χ1v) is 4.56. The molecule has 1 heterocycles. The largest absolute Gasteiger partial charge is 0.223 e. The van der Waals surface area contributed by atoms with E-state index < -0.39 is 0 Å². The van der Waals surface area contributed by atoms with Crippen LogP contribution in [0.3, 0.4) is 0 Å². The van der Waals surface area contributed by atoms with Gasteiger partial charge in [-0.15, -0.1) is 0 Å². The molecule has 0 saturated heterocycles. The van der Waals surface area contributed by atoms with Crippen molar-refractivity contribution < 1.29 is 4.39 Å². The zero-order valence-electron chi connectivity index (χ0n) is 7.81. The van der Waals surface area contributed by atoms with Gasteiger partial charge in [0.05, 0.1) is 5.69 Å². The number of aryl methyl sites for hydroxylation is 2. The number of hydrogen-bond acceptors (Lipinski definition) is 2. The Bertz CT molecular complexity index is 464. The number of halogens is 2. The highest BCUT2D eigenvalue weighted by molar-refractivity contribution is 6.28. The summed E-state index contributed by atoms with van der Waals surface area (Å²) in [6, 6.07) is 3.29. The summed E-state index contributed by atoms with van der Waals surface area (Å²) in [6.45, 7) is 3.62. The maximum Gasteiger partial charge on any atom is 0.223 e. The third kappa shape index (κ3) is 1.44. The second kappa shape index (κ2) is 3.17. The molecule has 1 aromatic heterocycles. The minimum Gasteiger partial charge on any atom is -0.223 e. The van der Waals surface area contributed by atoms with Crippen LogP contribution in [0.2, 0.25) is 5.28 Å². The van der Waals surface area contributed by atoms with E-state index >= 15 is 0 Å². The lowest BCUT2D eigenvalue weighted by atomic mass is 10.1. The van der Waals surface area contributed by atoms with Crippen LogP contribution in [-0.2, 0) is 0 Å². The fraction of sp³-hybridized carbons (Fsp3) is 0.200. The molecule has 0 amide bonds. The highest BCUT2D eigenvalue weighted by atomic mass is 35.5. The van der Waals surface area contributed by atoms with E-state index in [1.807, 2.05) is 13.0 Å². The lowest BCUT2D eigenvalue weighted by molar-refractivity contribution is 0.635. The summed E-state index contributed by atoms with van der Waals surface area (Å²) in [6.07, 6.45) is 0. The first kappa shape index (κ1) is 9.34. The van der Waals surface area contributed by atoms with Gasteiger partial charge in [-0.3, -0.25) is 0 Å². The maximum atomic E-state index is 13.5. The van der Waals surface area contributed by atoms with Gasteiger partial charge < -0.3 is 0 Å². The number of nitrogens with zero attached hydrogens (tertiary/aromatic N) is 2. The molecule has 0 fully saturated rings. The van der Waals surface area contributed by atoms with Gasteiger partial charge in [0.1, 0.15) is 11.3 Å². The van der Waals surface area contributed by atoms with Gasteiger partial charge in [-0.25, -0.2) is 14.4 Å². The lowest BCUT2D eigenvalue weighted by Crippen LogP contribution is -1.93. The summed E-state index contributed by atoms with van der Waals surface area (Å²) in [7, 11) is 0. The van der Waals surface area contributed by atoms with Crippen LogP contribution in [0.25, 0.3) is 10.9 Å². The molecule has 72 valence electrons. The zero-order valence-corrected chi connectivity index (χ0v) is 8.56. The number of rotatable bonds is 0. The van der Waals surface area contributed by atoms with E-state index in [9.17, 15) is 4.39 Å². The third-order valence-electron chi connectivity index (χ3n) is 2.06. The van der Waals surface area contributed by atoms with Crippen molar-refractivity contribution >= 4 is 22.5 Å². The molecule has 0 bridgehead atoms. The summed E-state index contributed by atoms with van der Waals surface area (Å²) in [5.41, 5.74) is 1.83. The van der Waals surface area contributed by atoms with Gasteiger partial charge >= 0.3 is 0 Å². The number of fused-ring (bicyclic) bond motifs is 1. The van der Waals surface area contributed by atoms with Crippen molar-refractivity contribution in [1.29, 1.82) is 0 Å². The molecule has 0 aliphatic heterocycles. The van der Waals surface area contributed by atoms with Crippen molar-refractivity contribution in [2.45, 2.75) is 13.8 Å². The Labute approximate surface area is 85.8 Å². The van der Waals surface area contributed by atoms with E-state index in [1.165, 1.54) is 6.07 Å². The molecule has 2 rings (SSSR count). The Hall–Kier alpha value is -1.22. The van der Waals surface area contributed by atoms with Crippen molar-refractivity contribution in [3.63, 3.8) is 0 Å². The van der Waals surface area contributed by atoms with Crippen LogP contribution in [0.4, 0.5) is 4.39 Å². The maximum absolute atomic E-state index is 13.5. The molecule has 14 heavy (non-hydrogen) atoms. The van der Waals surface area contributed by atoms with Gasteiger partial charge in [-0.2, -0.15) is 0 Å². The van der Waals surface area contributed by atoms with Crippen LogP contribution in [0, 0.1) is 19.7 Å². The highest BCUT2D eigenvalue weighted by Crippen LogP contribution is 2.21. The monoisotopic (exact) mass is 210 g/mol. The Morgan fingerprint density at radius 1 is 1.21 bits per heavy atom. The molecule has 2 nitrogen and oxygen atoms in total. The van der Waals surface area contributed by atoms with Crippen LogP contribution >= 0.6 is 11.6 Å². The van der Waals surface area contributed by atoms with E-state index in [0.29, 0.717) is 11.1 Å². The Kier molecular flexibility index (Phi) is 2.11. The predicted octanol–water partition coefficient (Wildman–Crippen LogP) is 3.04. The van der Waals surface area contributed by atoms with E-state index in [1.54, 1.807) is 6.92 Å². The standard InChI is InChI=1S/C10H8ClFN2/c1-5-3-7-6(2)13-10(11)14-9(7)8(12)4-5/h3-4H,1-2H3. The molecular formula is C10H8ClFN2. The van der Waals surface area contributed by atoms with Crippen LogP contribution in [0.1, 0.15) is 11.3 Å². The number of aromatic nitrogens is 2. The van der Waals surface area contributed by atoms with E-state index in [2.05, 4.69) is 9.97 Å². The molecule has 0 saturated carbocycles. The van der Waals surface area contributed by atoms with Crippen LogP contribution < -0.4 is 0 Å². The van der Waals surface area contributed by atoms with E-state index in [-0.39, 0.29) is 16.6 Å². The lowest BCUT2D eigenvalue weighted by Gasteiger charge is -2.03. The van der Waals surface area contributed by atoms with E-state index in [4.69, 9.17) is 11.6 Å². The molecule has 0 unspecified atom stereocenters. The van der Waals surface area contributed by atoms with Gasteiger partial charge in [0.15, 0.2) is 0 Å². The zero-order chi connectivity index (χ0) is 10.3. The van der Waals surface area contributed by atoms with Crippen LogP contribution in [0.15, 0.2) is 12.1 Å². The summed E-state index contributed by atoms with van der Waals surface area (Å²) < 4.78 is 13.5. The topological polar surface area (TPSA) is 25.8 Å². The molecule has 0 aliphatic carbocycles. The Balaban J connectivity index is 2.94. The molecule has 4 heteroatoms. The van der Waals surface area contributed by atoms with Gasteiger partial charge in [-0.1, -0.05) is 0 Å². The van der Waals surface area contributed by atoms with Gasteiger partial charge in [-0.05, 0) is 43.1 Å². The minimum atomic E-state index is -0.354. The molecule has 0 spiro atoms. The summed E-state index contributed by atoms with van der Waals surface area (Å²) in [5.74, 6) is -0.354. The smallest absolute Gasteiger partial charge is 0.223 e. The molecular weight excluding hydrogens is 203 g/mol. The van der Waals surface area contributed by atoms with E-state index in [0.717, 1.165) is 5.56 Å². The highest BCUT2D eigenvalue weighted by Gasteiger charge is 2.08. The van der Waals surface area contributed by atoms with Crippen molar-refractivity contribution in [2.24, 2.45) is 0 Å². The molecule has 0 radical (unpaired) electrons. The van der Waals surface area contributed by atoms with Gasteiger partial charge in [0.2, 0.25) is 5.28 Å². The molecule has 0 N–H and O–H groups in total. The van der Waals surface area contributed by atoms with Crippen molar-refractivity contribution in [3.05, 3.63) is 34.5 Å². The first-order chi connectivity index (χ1) is 6.58. The first-order valence-electron chi connectivity index (χ1n) is 4.18. The SMILES string of the molecule is Cc1cc(F)c2nc(Cl)nc(C)c2c1. The molecule has 0 aliphatic rings. The second-order valence-corrected chi connectivity index (χ2v) is 3.56. The third-order valence-corrected chi connectivity index (χ3v) is 2.23. The fourth-order valence-corrected chi connectivity index (χ4v) is 1.65. The summed E-state index contributed by atoms with van der Waals surface area (Å²) in [4.78, 5) is 7.83. The summed E-state index contributed by atoms with van der Waals surface area (Å²) >= 11 is 5.65.